The summed E-state index contributed by atoms with van der Waals surface area (Å²) in [6, 6.07) is 10.3. The third kappa shape index (κ3) is 7.71. The van der Waals surface area contributed by atoms with Crippen molar-refractivity contribution in [1.29, 1.82) is 5.26 Å². The van der Waals surface area contributed by atoms with Crippen molar-refractivity contribution in [1.82, 2.24) is 15.1 Å². The zero-order valence-corrected chi connectivity index (χ0v) is 28.0. The van der Waals surface area contributed by atoms with Gasteiger partial charge in [0.05, 0.1) is 42.0 Å². The maximum absolute atomic E-state index is 15.9. The van der Waals surface area contributed by atoms with Crippen molar-refractivity contribution in [3.63, 3.8) is 0 Å². The Morgan fingerprint density at radius 1 is 1.24 bits per heavy atom. The topological polar surface area (TPSA) is 138 Å². The van der Waals surface area contributed by atoms with Crippen molar-refractivity contribution in [2.45, 2.75) is 82.7 Å². The summed E-state index contributed by atoms with van der Waals surface area (Å²) in [5.41, 5.74) is 2.61. The Kier molecular flexibility index (Phi) is 10.8. The first-order valence-electron chi connectivity index (χ1n) is 14.9. The molecule has 4 rings (SSSR count). The number of hydrogen-bond acceptors (Lipinski definition) is 7. The number of nitrogens with zero attached hydrogens (tertiary/aromatic N) is 3. The highest BCUT2D eigenvalue weighted by Crippen LogP contribution is 2.52. The first kappa shape index (κ1) is 35.7. The van der Waals surface area contributed by atoms with Gasteiger partial charge in [-0.2, -0.15) is 10.4 Å². The Hall–Kier alpha value is -3.11. The molecule has 1 saturated heterocycles. The SMILES string of the molecule is CC(C)(C)C[C@@H]1N[C@@H](C(=O)Nc2ccn(CC(C)(C)OC[C@@H](O)CN)n2)[C@H](c2cccc(Cl)c2F)[C@@]1(C#N)c1ccc(Cl)cc1F. The standard InChI is InChI=1S/C33H40Cl2F2N6O3/c1-31(2,3)14-25-33(17-39,22-10-9-19(34)13-24(22)36)27(21-7-6-8-23(35)28(21)37)29(40-25)30(45)41-26-11-12-43(42-26)18-32(4,5)46-16-20(44)15-38/h6-13,20,25,27,29,40,44H,14-16,18,38H2,1-5H3,(H,41,42,45)/t20-,25-,27-,29+,33-/m0/s1. The molecular weight excluding hydrogens is 637 g/mol. The highest BCUT2D eigenvalue weighted by atomic mass is 35.5. The van der Waals surface area contributed by atoms with Gasteiger partial charge in [0.15, 0.2) is 5.82 Å². The Morgan fingerprint density at radius 2 is 1.96 bits per heavy atom. The van der Waals surface area contributed by atoms with Crippen LogP contribution in [0.15, 0.2) is 48.7 Å². The molecule has 46 heavy (non-hydrogen) atoms. The lowest BCUT2D eigenvalue weighted by atomic mass is 9.62. The highest BCUT2D eigenvalue weighted by molar-refractivity contribution is 6.31. The molecule has 1 fully saturated rings. The Balaban J connectivity index is 1.76. The van der Waals surface area contributed by atoms with Gasteiger partial charge in [-0.3, -0.25) is 9.48 Å². The van der Waals surface area contributed by atoms with E-state index in [2.05, 4.69) is 21.8 Å². The summed E-state index contributed by atoms with van der Waals surface area (Å²) in [4.78, 5) is 14.1. The number of carbonyl (C=O) groups excluding carboxylic acids is 1. The molecule has 1 aromatic heterocycles. The number of hydrogen-bond donors (Lipinski definition) is 4. The number of nitriles is 1. The zero-order chi connectivity index (χ0) is 34.0. The van der Waals surface area contributed by atoms with Crippen LogP contribution in [0, 0.1) is 28.4 Å². The number of aliphatic hydroxyl groups excluding tert-OH is 1. The van der Waals surface area contributed by atoms with E-state index in [1.165, 1.54) is 30.3 Å². The summed E-state index contributed by atoms with van der Waals surface area (Å²) in [7, 11) is 0. The fourth-order valence-electron chi connectivity index (χ4n) is 6.10. The van der Waals surface area contributed by atoms with Gasteiger partial charge in [-0.05, 0) is 49.4 Å². The van der Waals surface area contributed by atoms with Crippen LogP contribution in [0.5, 0.6) is 0 Å². The van der Waals surface area contributed by atoms with E-state index in [0.717, 1.165) is 6.07 Å². The Labute approximate surface area is 278 Å². The molecule has 13 heteroatoms. The maximum Gasteiger partial charge on any atom is 0.243 e. The summed E-state index contributed by atoms with van der Waals surface area (Å²) in [6.07, 6.45) is 1.20. The molecule has 248 valence electrons. The third-order valence-electron chi connectivity index (χ3n) is 8.10. The van der Waals surface area contributed by atoms with Crippen molar-refractivity contribution in [3.8, 4) is 6.07 Å². The Bertz CT molecular complexity index is 1600. The number of aliphatic hydroxyl groups is 1. The normalized spacial score (nSPS) is 22.4. The summed E-state index contributed by atoms with van der Waals surface area (Å²) in [5, 5.41) is 31.2. The average Bonchev–Trinajstić information content (AvgIpc) is 3.53. The smallest absolute Gasteiger partial charge is 0.243 e. The fraction of sp³-hybridized carbons (Fsp3) is 0.485. The molecule has 0 bridgehead atoms. The molecule has 2 aromatic carbocycles. The van der Waals surface area contributed by atoms with Crippen LogP contribution >= 0.6 is 23.2 Å². The molecule has 0 saturated carbocycles. The van der Waals surface area contributed by atoms with Crippen molar-refractivity contribution < 1.29 is 23.4 Å². The lowest BCUT2D eigenvalue weighted by Crippen LogP contribution is -2.45. The van der Waals surface area contributed by atoms with Gasteiger partial charge in [0.2, 0.25) is 5.91 Å². The molecular formula is C33H40Cl2F2N6O3. The van der Waals surface area contributed by atoms with Crippen molar-refractivity contribution in [2.24, 2.45) is 11.1 Å². The van der Waals surface area contributed by atoms with E-state index in [1.54, 1.807) is 16.9 Å². The summed E-state index contributed by atoms with van der Waals surface area (Å²) in [5.74, 6) is -3.14. The molecule has 1 amide bonds. The molecule has 9 nitrogen and oxygen atoms in total. The van der Waals surface area contributed by atoms with Crippen LogP contribution in [0.2, 0.25) is 10.0 Å². The highest BCUT2D eigenvalue weighted by Gasteiger charge is 2.61. The van der Waals surface area contributed by atoms with Gasteiger partial charge in [-0.1, -0.05) is 62.2 Å². The maximum atomic E-state index is 15.9. The molecule has 1 aliphatic heterocycles. The second-order valence-electron chi connectivity index (χ2n) is 13.5. The third-order valence-corrected chi connectivity index (χ3v) is 8.63. The number of nitrogens with one attached hydrogen (secondary N) is 2. The molecule has 0 spiro atoms. The molecule has 5 N–H and O–H groups in total. The van der Waals surface area contributed by atoms with Crippen LogP contribution in [0.4, 0.5) is 14.6 Å². The predicted octanol–water partition coefficient (Wildman–Crippen LogP) is 5.54. The van der Waals surface area contributed by atoms with Crippen LogP contribution in [0.3, 0.4) is 0 Å². The summed E-state index contributed by atoms with van der Waals surface area (Å²) >= 11 is 12.3. The number of carbonyl (C=O) groups is 1. The van der Waals surface area contributed by atoms with Crippen LogP contribution < -0.4 is 16.4 Å². The van der Waals surface area contributed by atoms with Crippen LogP contribution in [0.25, 0.3) is 0 Å². The number of ether oxygens (including phenoxy) is 1. The first-order chi connectivity index (χ1) is 21.5. The average molecular weight is 678 g/mol. The summed E-state index contributed by atoms with van der Waals surface area (Å²) in [6.45, 7) is 9.96. The first-order valence-corrected chi connectivity index (χ1v) is 15.7. The minimum atomic E-state index is -1.75. The van der Waals surface area contributed by atoms with E-state index < -0.39 is 52.7 Å². The number of aromatic nitrogens is 2. The largest absolute Gasteiger partial charge is 0.389 e. The number of nitrogens with two attached hydrogens (primary N) is 1. The van der Waals surface area contributed by atoms with Gasteiger partial charge < -0.3 is 26.2 Å². The van der Waals surface area contributed by atoms with Crippen molar-refractivity contribution in [3.05, 3.63) is 81.5 Å². The van der Waals surface area contributed by atoms with Gasteiger partial charge in [0.25, 0.3) is 0 Å². The van der Waals surface area contributed by atoms with Gasteiger partial charge in [-0.25, -0.2) is 8.78 Å². The lowest BCUT2D eigenvalue weighted by Gasteiger charge is -2.37. The number of rotatable bonds is 11. The van der Waals surface area contributed by atoms with Gasteiger partial charge >= 0.3 is 0 Å². The molecule has 3 aromatic rings. The van der Waals surface area contributed by atoms with E-state index in [9.17, 15) is 15.2 Å². The number of halogens is 4. The van der Waals surface area contributed by atoms with E-state index >= 15 is 8.78 Å². The zero-order valence-electron chi connectivity index (χ0n) is 26.5. The monoisotopic (exact) mass is 676 g/mol. The minimum Gasteiger partial charge on any atom is -0.389 e. The van der Waals surface area contributed by atoms with E-state index in [0.29, 0.717) is 13.0 Å². The minimum absolute atomic E-state index is 0.00319. The van der Waals surface area contributed by atoms with Crippen LogP contribution in [0.1, 0.15) is 58.1 Å². The van der Waals surface area contributed by atoms with E-state index in [1.807, 2.05) is 34.6 Å². The lowest BCUT2D eigenvalue weighted by molar-refractivity contribution is -0.118. The van der Waals surface area contributed by atoms with Gasteiger partial charge in [-0.15, -0.1) is 0 Å². The van der Waals surface area contributed by atoms with E-state index in [4.69, 9.17) is 33.7 Å². The van der Waals surface area contributed by atoms with Crippen LogP contribution in [-0.4, -0.2) is 57.7 Å². The van der Waals surface area contributed by atoms with Gasteiger partial charge in [0, 0.05) is 41.4 Å². The van der Waals surface area contributed by atoms with Crippen molar-refractivity contribution in [2.75, 3.05) is 18.5 Å². The van der Waals surface area contributed by atoms with Crippen molar-refractivity contribution >= 4 is 34.9 Å². The fourth-order valence-corrected chi connectivity index (χ4v) is 6.44. The molecule has 0 aliphatic carbocycles. The molecule has 0 radical (unpaired) electrons. The Morgan fingerprint density at radius 3 is 2.59 bits per heavy atom. The predicted molar refractivity (Wildman–Crippen MR) is 174 cm³/mol. The molecule has 2 heterocycles. The number of anilines is 1. The summed E-state index contributed by atoms with van der Waals surface area (Å²) < 4.78 is 39.0. The molecule has 0 unspecified atom stereocenters. The second kappa shape index (κ2) is 13.9. The van der Waals surface area contributed by atoms with E-state index in [-0.39, 0.29) is 45.6 Å². The second-order valence-corrected chi connectivity index (χ2v) is 14.4. The van der Waals surface area contributed by atoms with Gasteiger partial charge in [0.1, 0.15) is 17.0 Å². The quantitative estimate of drug-likeness (QED) is 0.209. The molecule has 5 atom stereocenters. The number of amides is 1. The molecule has 1 aliphatic rings. The van der Waals surface area contributed by atoms with Crippen LogP contribution in [-0.2, 0) is 21.5 Å². The number of benzene rings is 2.